The van der Waals surface area contributed by atoms with E-state index in [1.165, 1.54) is 262 Å². The van der Waals surface area contributed by atoms with E-state index in [-0.39, 0.29) is 0 Å². The number of para-hydroxylation sites is 5. The smallest absolute Gasteiger partial charge is 0.0648 e. The first-order chi connectivity index (χ1) is 69.6. The quantitative estimate of drug-likeness (QED) is 0.145. The van der Waals surface area contributed by atoms with Gasteiger partial charge in [0.15, 0.2) is 0 Å². The Kier molecular flexibility index (Phi) is 17.7. The lowest BCUT2D eigenvalue weighted by Gasteiger charge is -2.14. The van der Waals surface area contributed by atoms with E-state index in [1.807, 2.05) is 0 Å². The zero-order valence-electron chi connectivity index (χ0n) is 76.2. The molecule has 0 N–H and O–H groups in total. The van der Waals surface area contributed by atoms with Crippen molar-refractivity contribution in [2.24, 2.45) is 0 Å². The molecule has 6 heteroatoms. The van der Waals surface area contributed by atoms with Crippen LogP contribution in [0.2, 0.25) is 0 Å². The molecule has 0 amide bonds. The van der Waals surface area contributed by atoms with E-state index >= 15 is 0 Å². The average Bonchev–Trinajstić information content (AvgIpc) is 1.53. The van der Waals surface area contributed by atoms with Crippen LogP contribution in [0.15, 0.2) is 510 Å². The van der Waals surface area contributed by atoms with E-state index < -0.39 is 0 Å². The molecule has 31 aromatic rings. The number of hydrogen-bond acceptors (Lipinski definition) is 0. The van der Waals surface area contributed by atoms with Gasteiger partial charge in [0, 0.05) is 115 Å². The SMILES string of the molecule is c1ccc(-c2ccc(-n3c4ccccc4c4c3c3ccccc3c3c5c6ccccc6ccc5n(-c5cccc(-c6ccccc6)c5)c34)cc2)cc1.c1ccc(-n2c3ccc4ccccc4c3c3c4ccccc4c4c(c5ccccc5n4-c4ccc5ccccc5c4)c32)cc1.c1ccc(-n2c3ccccc3c3c2c2ccccc2c2c4c5ccccc5ccc4n(-c4ccc5ccccc5c4)c23)cc1. The van der Waals surface area contributed by atoms with Crippen LogP contribution in [0.1, 0.15) is 0 Å². The van der Waals surface area contributed by atoms with Crippen LogP contribution in [0.5, 0.6) is 0 Å². The van der Waals surface area contributed by atoms with Crippen LogP contribution in [0.25, 0.3) is 273 Å². The van der Waals surface area contributed by atoms with Gasteiger partial charge in [-0.25, -0.2) is 0 Å². The molecule has 6 aromatic heterocycles. The first-order valence-corrected chi connectivity index (χ1v) is 48.4. The zero-order chi connectivity index (χ0) is 91.7. The number of aromatic nitrogens is 6. The number of nitrogens with zero attached hydrogens (tertiary/aromatic N) is 6. The second kappa shape index (κ2) is 31.5. The molecule has 0 aliphatic carbocycles. The predicted octanol–water partition coefficient (Wildman–Crippen LogP) is 36.2. The minimum Gasteiger partial charge on any atom is -0.309 e. The Bertz CT molecular complexity index is 10600. The Balaban J connectivity index is 0.000000101. The van der Waals surface area contributed by atoms with Crippen molar-refractivity contribution < 1.29 is 0 Å². The summed E-state index contributed by atoms with van der Waals surface area (Å²) in [6.07, 6.45) is 0. The normalized spacial score (nSPS) is 12.0. The lowest BCUT2D eigenvalue weighted by molar-refractivity contribution is 1.18. The Morgan fingerprint density at radius 2 is 0.336 bits per heavy atom. The monoisotopic (exact) mass is 1780 g/mol. The molecule has 140 heavy (non-hydrogen) atoms. The van der Waals surface area contributed by atoms with Crippen LogP contribution in [-0.4, -0.2) is 27.4 Å². The van der Waals surface area contributed by atoms with Gasteiger partial charge in [-0.1, -0.05) is 400 Å². The Labute approximate surface area is 804 Å². The standard InChI is InChI=1S/C50H32N2.2C42H26N2/c1-3-14-33(15-4-1)35-26-29-38(30-27-35)51-44-25-12-11-24-43(44)48-49(51)42-23-10-9-22-41(42)47-46-40-21-8-7-18-36(40)28-31-45(46)52(50(47)48)39-20-13-19-37(32-39)34-16-5-2-6-17-34;1-2-15-30(16-3-1)43-37-25-23-28-13-6-7-17-32(28)38(37)39-33-18-8-9-19-34(33)41-40(42(39)43)35-20-10-11-21-36(35)44(41)31-24-22-27-12-4-5-14-29(27)26-31;1-2-15-30(16-3-1)43-36-21-11-10-20-35(36)40-41(43)34-19-9-8-18-33(34)39-38-32-17-7-6-13-28(32)23-25-37(38)44(42(39)40)31-24-22-27-12-4-5-14-29(27)26-31/h1-32H;2*1-26H. The summed E-state index contributed by atoms with van der Waals surface area (Å²) in [7, 11) is 0. The van der Waals surface area contributed by atoms with E-state index in [2.05, 4.69) is 537 Å². The van der Waals surface area contributed by atoms with Gasteiger partial charge in [-0.05, 0) is 201 Å². The fraction of sp³-hybridized carbons (Fsp3) is 0. The summed E-state index contributed by atoms with van der Waals surface area (Å²) in [6.45, 7) is 0. The van der Waals surface area contributed by atoms with Crippen LogP contribution in [0.4, 0.5) is 0 Å². The lowest BCUT2D eigenvalue weighted by atomic mass is 9.97. The third-order valence-electron chi connectivity index (χ3n) is 29.7. The van der Waals surface area contributed by atoms with Crippen molar-refractivity contribution in [3.8, 4) is 56.4 Å². The molecule has 650 valence electrons. The molecule has 6 heterocycles. The maximum atomic E-state index is 2.54. The maximum absolute atomic E-state index is 2.54. The van der Waals surface area contributed by atoms with Crippen LogP contribution in [0, 0.1) is 0 Å². The molecule has 0 bridgehead atoms. The van der Waals surface area contributed by atoms with Gasteiger partial charge < -0.3 is 27.4 Å². The van der Waals surface area contributed by atoms with Crippen LogP contribution in [0.3, 0.4) is 0 Å². The molecule has 0 atom stereocenters. The van der Waals surface area contributed by atoms with Crippen LogP contribution in [-0.2, 0) is 0 Å². The highest BCUT2D eigenvalue weighted by Gasteiger charge is 2.31. The molecule has 0 aliphatic heterocycles. The van der Waals surface area contributed by atoms with E-state index in [1.54, 1.807) is 0 Å². The first-order valence-electron chi connectivity index (χ1n) is 48.4. The highest BCUT2D eigenvalue weighted by Crippen LogP contribution is 2.54. The summed E-state index contributed by atoms with van der Waals surface area (Å²) >= 11 is 0. The van der Waals surface area contributed by atoms with Crippen molar-refractivity contribution >= 4 is 217 Å². The molecule has 0 saturated heterocycles. The maximum Gasteiger partial charge on any atom is 0.0648 e. The number of hydrogen-bond donors (Lipinski definition) is 0. The van der Waals surface area contributed by atoms with Crippen molar-refractivity contribution in [3.63, 3.8) is 0 Å². The fourth-order valence-electron chi connectivity index (χ4n) is 23.9. The van der Waals surface area contributed by atoms with Crippen molar-refractivity contribution in [2.45, 2.75) is 0 Å². The largest absolute Gasteiger partial charge is 0.309 e. The van der Waals surface area contributed by atoms with Gasteiger partial charge in [0.2, 0.25) is 0 Å². The predicted molar refractivity (Wildman–Crippen MR) is 596 cm³/mol. The summed E-state index contributed by atoms with van der Waals surface area (Å²) in [5.41, 5.74) is 26.6. The molecule has 31 rings (SSSR count). The summed E-state index contributed by atoms with van der Waals surface area (Å²) in [5.74, 6) is 0. The third kappa shape index (κ3) is 11.9. The second-order valence-electron chi connectivity index (χ2n) is 37.1. The Morgan fingerprint density at radius 1 is 0.100 bits per heavy atom. The first kappa shape index (κ1) is 78.8. The lowest BCUT2D eigenvalue weighted by Crippen LogP contribution is -1.97. The summed E-state index contributed by atoms with van der Waals surface area (Å²) < 4.78 is 15.0. The summed E-state index contributed by atoms with van der Waals surface area (Å²) in [4.78, 5) is 0. The number of benzene rings is 25. The summed E-state index contributed by atoms with van der Waals surface area (Å²) in [6, 6.07) is 186. The molecule has 0 spiro atoms. The topological polar surface area (TPSA) is 29.6 Å². The highest BCUT2D eigenvalue weighted by atomic mass is 15.0. The van der Waals surface area contributed by atoms with Gasteiger partial charge in [0.05, 0.1) is 66.2 Å². The molecular weight excluding hydrogens is 1690 g/mol. The second-order valence-corrected chi connectivity index (χ2v) is 37.1. The van der Waals surface area contributed by atoms with Crippen molar-refractivity contribution in [2.75, 3.05) is 0 Å². The molecule has 0 radical (unpaired) electrons. The molecule has 0 fully saturated rings. The zero-order valence-corrected chi connectivity index (χ0v) is 76.2. The van der Waals surface area contributed by atoms with Gasteiger partial charge in [-0.2, -0.15) is 0 Å². The number of rotatable bonds is 8. The van der Waals surface area contributed by atoms with Gasteiger partial charge in [0.1, 0.15) is 0 Å². The van der Waals surface area contributed by atoms with E-state index in [9.17, 15) is 0 Å². The molecule has 0 saturated carbocycles. The third-order valence-corrected chi connectivity index (χ3v) is 29.7. The molecule has 0 unspecified atom stereocenters. The minimum absolute atomic E-state index is 1.15. The highest BCUT2D eigenvalue weighted by molar-refractivity contribution is 6.43. The Morgan fingerprint density at radius 3 is 0.714 bits per heavy atom. The molecule has 25 aromatic carbocycles. The summed E-state index contributed by atoms with van der Waals surface area (Å²) in [5, 5.41) is 35.6. The van der Waals surface area contributed by atoms with E-state index in [0.717, 1.165) is 11.4 Å². The molecular formula is C134H84N6. The van der Waals surface area contributed by atoms with Crippen LogP contribution < -0.4 is 0 Å². The number of fused-ring (bicyclic) bond motifs is 38. The van der Waals surface area contributed by atoms with Gasteiger partial charge in [0.25, 0.3) is 0 Å². The van der Waals surface area contributed by atoms with Crippen LogP contribution >= 0.6 is 0 Å². The van der Waals surface area contributed by atoms with Gasteiger partial charge >= 0.3 is 0 Å². The van der Waals surface area contributed by atoms with Crippen molar-refractivity contribution in [1.82, 2.24) is 27.4 Å². The van der Waals surface area contributed by atoms with Gasteiger partial charge in [-0.15, -0.1) is 0 Å². The van der Waals surface area contributed by atoms with E-state index in [0.29, 0.717) is 0 Å². The van der Waals surface area contributed by atoms with Crippen molar-refractivity contribution in [3.05, 3.63) is 510 Å². The fourth-order valence-corrected chi connectivity index (χ4v) is 23.9. The Hall–Kier alpha value is -18.6. The van der Waals surface area contributed by atoms with E-state index in [4.69, 9.17) is 0 Å². The molecule has 6 nitrogen and oxygen atoms in total. The van der Waals surface area contributed by atoms with Crippen molar-refractivity contribution in [1.29, 1.82) is 0 Å². The average molecular weight is 1780 g/mol. The minimum atomic E-state index is 1.15. The van der Waals surface area contributed by atoms with Gasteiger partial charge in [-0.3, -0.25) is 0 Å². The molecule has 0 aliphatic rings.